The molecule has 0 aliphatic carbocycles. The molecule has 7 heteroatoms. The first-order valence-electron chi connectivity index (χ1n) is 11.4. The van der Waals surface area contributed by atoms with E-state index in [9.17, 15) is 13.5 Å². The van der Waals surface area contributed by atoms with E-state index in [0.717, 1.165) is 24.8 Å². The van der Waals surface area contributed by atoms with Gasteiger partial charge in [-0.1, -0.05) is 77.2 Å². The molecule has 0 heterocycles. The molecule has 5 nitrogen and oxygen atoms in total. The quantitative estimate of drug-likeness (QED) is 0.244. The van der Waals surface area contributed by atoms with E-state index in [2.05, 4.69) is 6.92 Å². The van der Waals surface area contributed by atoms with Crippen LogP contribution in [0.2, 0.25) is 0 Å². The summed E-state index contributed by atoms with van der Waals surface area (Å²) in [5.41, 5.74) is 0.952. The molecule has 0 aromatic heterocycles. The Balaban J connectivity index is 0.00000512. The summed E-state index contributed by atoms with van der Waals surface area (Å²) < 4.78 is 37.0. The SMILES string of the molecule is CCCCCCCCCCCCCc1cc([O-])cc(Oc2ccc(S(=O)(=O)O)cc2)c1.[Na+]. The van der Waals surface area contributed by atoms with Crippen molar-refractivity contribution in [3.63, 3.8) is 0 Å². The maximum atomic E-state index is 12.0. The van der Waals surface area contributed by atoms with Gasteiger partial charge >= 0.3 is 29.6 Å². The van der Waals surface area contributed by atoms with Crippen molar-refractivity contribution in [2.45, 2.75) is 88.9 Å². The summed E-state index contributed by atoms with van der Waals surface area (Å²) in [7, 11) is -4.24. The molecule has 1 N–H and O–H groups in total. The van der Waals surface area contributed by atoms with Gasteiger partial charge in [-0.05, 0) is 54.8 Å². The molecule has 0 spiro atoms. The van der Waals surface area contributed by atoms with Crippen LogP contribution in [0.15, 0.2) is 47.4 Å². The van der Waals surface area contributed by atoms with Crippen LogP contribution >= 0.6 is 0 Å². The maximum absolute atomic E-state index is 12.0. The predicted octanol–water partition coefficient (Wildman–Crippen LogP) is 3.66. The van der Waals surface area contributed by atoms with Crippen LogP contribution in [0.1, 0.15) is 83.1 Å². The molecule has 0 radical (unpaired) electrons. The molecule has 0 aliphatic rings. The summed E-state index contributed by atoms with van der Waals surface area (Å²) >= 11 is 0. The van der Waals surface area contributed by atoms with Crippen molar-refractivity contribution in [1.82, 2.24) is 0 Å². The van der Waals surface area contributed by atoms with E-state index < -0.39 is 10.1 Å². The first kappa shape index (κ1) is 29.0. The first-order valence-corrected chi connectivity index (χ1v) is 12.9. The zero-order valence-electron chi connectivity index (χ0n) is 19.5. The molecule has 0 unspecified atom stereocenters. The van der Waals surface area contributed by atoms with Crippen molar-refractivity contribution >= 4 is 10.1 Å². The van der Waals surface area contributed by atoms with E-state index in [1.54, 1.807) is 6.07 Å². The number of aryl methyl sites for hydroxylation is 1. The summed E-state index contributed by atoms with van der Waals surface area (Å²) in [5, 5.41) is 12.0. The minimum Gasteiger partial charge on any atom is -0.872 e. The molecule has 32 heavy (non-hydrogen) atoms. The molecule has 0 atom stereocenters. The molecule has 0 fully saturated rings. The Kier molecular flexibility index (Phi) is 14.2. The smallest absolute Gasteiger partial charge is 0.872 e. The minimum atomic E-state index is -4.24. The van der Waals surface area contributed by atoms with Crippen LogP contribution in [0.3, 0.4) is 0 Å². The van der Waals surface area contributed by atoms with Crippen molar-refractivity contribution in [1.29, 1.82) is 0 Å². The van der Waals surface area contributed by atoms with E-state index in [1.807, 2.05) is 6.07 Å². The Bertz CT molecular complexity index is 882. The van der Waals surface area contributed by atoms with Gasteiger partial charge in [0.05, 0.1) is 4.90 Å². The van der Waals surface area contributed by atoms with Gasteiger partial charge in [-0.2, -0.15) is 8.42 Å². The normalized spacial score (nSPS) is 11.2. The number of hydrogen-bond donors (Lipinski definition) is 1. The zero-order valence-corrected chi connectivity index (χ0v) is 22.3. The van der Waals surface area contributed by atoms with Crippen LogP contribution in [0, 0.1) is 0 Å². The molecule has 172 valence electrons. The molecule has 0 amide bonds. The summed E-state index contributed by atoms with van der Waals surface area (Å²) in [6.07, 6.45) is 15.0. The van der Waals surface area contributed by atoms with Crippen LogP contribution < -0.4 is 39.4 Å². The molecular formula is C25H35NaO5S. The van der Waals surface area contributed by atoms with Gasteiger partial charge in [-0.25, -0.2) is 0 Å². The summed E-state index contributed by atoms with van der Waals surface area (Å²) in [4.78, 5) is -0.199. The maximum Gasteiger partial charge on any atom is 1.00 e. The van der Waals surface area contributed by atoms with E-state index in [4.69, 9.17) is 9.29 Å². The van der Waals surface area contributed by atoms with Crippen LogP contribution in [0.25, 0.3) is 0 Å². The van der Waals surface area contributed by atoms with Crippen LogP contribution in [0.4, 0.5) is 0 Å². The van der Waals surface area contributed by atoms with E-state index in [1.165, 1.54) is 88.1 Å². The second kappa shape index (κ2) is 15.7. The van der Waals surface area contributed by atoms with Crippen molar-refractivity contribution in [2.24, 2.45) is 0 Å². The Morgan fingerprint density at radius 2 is 1.31 bits per heavy atom. The van der Waals surface area contributed by atoms with E-state index in [-0.39, 0.29) is 40.2 Å². The van der Waals surface area contributed by atoms with Crippen molar-refractivity contribution in [3.8, 4) is 17.2 Å². The summed E-state index contributed by atoms with van der Waals surface area (Å²) in [6.45, 7) is 2.24. The molecule has 2 rings (SSSR count). The second-order valence-corrected chi connectivity index (χ2v) is 9.57. The Labute approximate surface area is 215 Å². The minimum absolute atomic E-state index is 0. The van der Waals surface area contributed by atoms with Crippen molar-refractivity contribution in [2.75, 3.05) is 0 Å². The zero-order chi connectivity index (χ0) is 22.5. The Hall–Kier alpha value is -1.05. The third kappa shape index (κ3) is 11.7. The number of ether oxygens (including phenoxy) is 1. The van der Waals surface area contributed by atoms with Crippen molar-refractivity contribution in [3.05, 3.63) is 48.0 Å². The number of hydrogen-bond acceptors (Lipinski definition) is 4. The summed E-state index contributed by atoms with van der Waals surface area (Å²) in [6, 6.07) is 10.3. The number of benzene rings is 2. The number of unbranched alkanes of at least 4 members (excludes halogenated alkanes) is 10. The van der Waals surface area contributed by atoms with E-state index >= 15 is 0 Å². The van der Waals surface area contributed by atoms with Crippen LogP contribution in [-0.2, 0) is 16.5 Å². The van der Waals surface area contributed by atoms with Crippen LogP contribution in [-0.4, -0.2) is 13.0 Å². The van der Waals surface area contributed by atoms with E-state index in [0.29, 0.717) is 11.5 Å². The van der Waals surface area contributed by atoms with Gasteiger partial charge in [0.15, 0.2) is 0 Å². The Morgan fingerprint density at radius 3 is 1.84 bits per heavy atom. The van der Waals surface area contributed by atoms with Gasteiger partial charge in [0.2, 0.25) is 0 Å². The van der Waals surface area contributed by atoms with Crippen LogP contribution in [0.5, 0.6) is 17.2 Å². The standard InChI is InChI=1S/C25H36O5S.Na/c1-2-3-4-5-6-7-8-9-10-11-12-13-21-18-22(26)20-24(19-21)30-23-14-16-25(17-15-23)31(27,28)29;/h14-20,26H,2-13H2,1H3,(H,27,28,29);/q;+1/p-1. The monoisotopic (exact) mass is 470 g/mol. The average Bonchev–Trinajstić information content (AvgIpc) is 2.71. The Morgan fingerprint density at radius 1 is 0.781 bits per heavy atom. The van der Waals surface area contributed by atoms with Gasteiger partial charge in [0.1, 0.15) is 11.5 Å². The molecule has 0 saturated carbocycles. The predicted molar refractivity (Wildman–Crippen MR) is 122 cm³/mol. The van der Waals surface area contributed by atoms with Crippen molar-refractivity contribution < 1.29 is 52.4 Å². The fraction of sp³-hybridized carbons (Fsp3) is 0.520. The largest absolute Gasteiger partial charge is 1.00 e. The first-order chi connectivity index (χ1) is 14.9. The second-order valence-electron chi connectivity index (χ2n) is 8.15. The fourth-order valence-electron chi connectivity index (χ4n) is 3.64. The molecule has 0 bridgehead atoms. The average molecular weight is 471 g/mol. The van der Waals surface area contributed by atoms with Gasteiger partial charge < -0.3 is 9.84 Å². The number of rotatable bonds is 15. The topological polar surface area (TPSA) is 86.7 Å². The molecule has 2 aromatic carbocycles. The fourth-order valence-corrected chi connectivity index (χ4v) is 4.12. The molecule has 0 saturated heterocycles. The van der Waals surface area contributed by atoms with Gasteiger partial charge in [-0.15, -0.1) is 5.75 Å². The van der Waals surface area contributed by atoms with Gasteiger partial charge in [-0.3, -0.25) is 4.55 Å². The third-order valence-corrected chi connectivity index (χ3v) is 6.23. The summed E-state index contributed by atoms with van der Waals surface area (Å²) in [5.74, 6) is 0.731. The molecule has 2 aromatic rings. The van der Waals surface area contributed by atoms with Gasteiger partial charge in [0, 0.05) is 0 Å². The molecular weight excluding hydrogens is 435 g/mol. The molecule has 0 aliphatic heterocycles. The third-order valence-electron chi connectivity index (χ3n) is 5.37. The van der Waals surface area contributed by atoms with Gasteiger partial charge in [0.25, 0.3) is 10.1 Å².